The van der Waals surface area contributed by atoms with Crippen LogP contribution in [0.15, 0.2) is 24.5 Å². The number of hydrogen-bond donors (Lipinski definition) is 3. The second-order valence-corrected chi connectivity index (χ2v) is 3.39. The van der Waals surface area contributed by atoms with Gasteiger partial charge in [0.05, 0.1) is 18.3 Å². The molecule has 0 radical (unpaired) electrons. The summed E-state index contributed by atoms with van der Waals surface area (Å²) in [4.78, 5) is 21.2. The number of aliphatic carboxylic acids is 2. The van der Waals surface area contributed by atoms with Crippen molar-refractivity contribution in [3.05, 3.63) is 24.5 Å². The first kappa shape index (κ1) is 12.8. The van der Waals surface area contributed by atoms with Gasteiger partial charge in [-0.05, 0) is 0 Å². The van der Waals surface area contributed by atoms with Crippen molar-refractivity contribution in [3.8, 4) is 0 Å². The topological polar surface area (TPSA) is 104 Å². The maximum Gasteiger partial charge on any atom is 0.330 e. The molecule has 92 valence electrons. The van der Waals surface area contributed by atoms with Crippen molar-refractivity contribution in [2.75, 3.05) is 5.32 Å². The second-order valence-electron chi connectivity index (χ2n) is 3.39. The van der Waals surface area contributed by atoms with Crippen molar-refractivity contribution in [1.29, 1.82) is 0 Å². The maximum absolute atomic E-state index is 10.9. The third-order valence-electron chi connectivity index (χ3n) is 1.91. The maximum atomic E-state index is 10.9. The highest BCUT2D eigenvalue weighted by atomic mass is 16.4. The lowest BCUT2D eigenvalue weighted by Crippen LogP contribution is -2.26. The zero-order chi connectivity index (χ0) is 12.8. The number of nitrogens with zero attached hydrogens (tertiary/aromatic N) is 2. The fourth-order valence-electron chi connectivity index (χ4n) is 1.17. The molecule has 0 aliphatic carbocycles. The Morgan fingerprint density at radius 2 is 2.29 bits per heavy atom. The van der Waals surface area contributed by atoms with Crippen LogP contribution < -0.4 is 5.32 Å². The van der Waals surface area contributed by atoms with E-state index in [-0.39, 0.29) is 6.42 Å². The Balaban J connectivity index is 2.63. The molecule has 0 spiro atoms. The van der Waals surface area contributed by atoms with E-state index in [4.69, 9.17) is 10.2 Å². The molecule has 0 aromatic carbocycles. The normalized spacial score (nSPS) is 12.5. The van der Waals surface area contributed by atoms with Crippen LogP contribution in [0.3, 0.4) is 0 Å². The number of carboxylic acid groups (broad SMARTS) is 2. The molecule has 7 nitrogen and oxygen atoms in total. The highest BCUT2D eigenvalue weighted by Gasteiger charge is 2.13. The molecule has 1 aromatic heterocycles. The highest BCUT2D eigenvalue weighted by molar-refractivity contribution is 5.80. The van der Waals surface area contributed by atoms with Gasteiger partial charge in [-0.3, -0.25) is 9.48 Å². The third-order valence-corrected chi connectivity index (χ3v) is 1.91. The van der Waals surface area contributed by atoms with Crippen LogP contribution in [0.2, 0.25) is 0 Å². The molecular formula is C10H13N3O4. The molecule has 1 aromatic rings. The van der Waals surface area contributed by atoms with Crippen LogP contribution in [0, 0.1) is 0 Å². The average Bonchev–Trinajstić information content (AvgIpc) is 2.62. The van der Waals surface area contributed by atoms with E-state index in [9.17, 15) is 9.59 Å². The minimum atomic E-state index is -1.09. The molecule has 17 heavy (non-hydrogen) atoms. The zero-order valence-electron chi connectivity index (χ0n) is 9.20. The van der Waals surface area contributed by atoms with Gasteiger partial charge in [0.2, 0.25) is 0 Å². The first-order chi connectivity index (χ1) is 7.99. The smallest absolute Gasteiger partial charge is 0.330 e. The Hall–Kier alpha value is -2.31. The number of aryl methyl sites for hydroxylation is 1. The number of hydrogen-bond acceptors (Lipinski definition) is 4. The lowest BCUT2D eigenvalue weighted by molar-refractivity contribution is -0.137. The van der Waals surface area contributed by atoms with Gasteiger partial charge in [-0.15, -0.1) is 0 Å². The molecule has 7 heteroatoms. The molecule has 1 rings (SSSR count). The molecule has 0 saturated heterocycles. The number of carboxylic acids is 2. The van der Waals surface area contributed by atoms with Crippen molar-refractivity contribution in [2.24, 2.45) is 7.05 Å². The van der Waals surface area contributed by atoms with Crippen molar-refractivity contribution in [3.63, 3.8) is 0 Å². The predicted molar refractivity (Wildman–Crippen MR) is 59.6 cm³/mol. The van der Waals surface area contributed by atoms with Gasteiger partial charge in [0.15, 0.2) is 0 Å². The summed E-state index contributed by atoms with van der Waals surface area (Å²) in [6, 6.07) is -0.974. The number of carbonyl (C=O) groups is 2. The molecule has 0 aliphatic rings. The monoisotopic (exact) mass is 239 g/mol. The molecule has 0 amide bonds. The van der Waals surface area contributed by atoms with Crippen LogP contribution in [0.4, 0.5) is 5.69 Å². The van der Waals surface area contributed by atoms with Gasteiger partial charge >= 0.3 is 11.9 Å². The minimum Gasteiger partial charge on any atom is -0.481 e. The Morgan fingerprint density at radius 1 is 1.59 bits per heavy atom. The quantitative estimate of drug-likeness (QED) is 0.617. The first-order valence-electron chi connectivity index (χ1n) is 4.85. The van der Waals surface area contributed by atoms with Gasteiger partial charge in [0.25, 0.3) is 0 Å². The number of rotatable bonds is 6. The molecule has 0 aliphatic heterocycles. The lowest BCUT2D eigenvalue weighted by atomic mass is 10.2. The molecule has 3 N–H and O–H groups in total. The summed E-state index contributed by atoms with van der Waals surface area (Å²) in [5, 5.41) is 23.9. The minimum absolute atomic E-state index is 0.210. The average molecular weight is 239 g/mol. The van der Waals surface area contributed by atoms with Crippen LogP contribution >= 0.6 is 0 Å². The summed E-state index contributed by atoms with van der Waals surface area (Å²) in [6.07, 6.45) is 5.49. The standard InChI is InChI=1S/C10H13N3O4/c1-13-6-7(5-11-13)12-8(10(16)17)3-2-4-9(14)15/h2-3,5-6,8,12H,4H2,1H3,(H,14,15)(H,16,17). The number of anilines is 1. The van der Waals surface area contributed by atoms with Crippen molar-refractivity contribution in [2.45, 2.75) is 12.5 Å². The Morgan fingerprint density at radius 3 is 2.76 bits per heavy atom. The van der Waals surface area contributed by atoms with E-state index >= 15 is 0 Å². The molecule has 0 bridgehead atoms. The summed E-state index contributed by atoms with van der Waals surface area (Å²) in [5.41, 5.74) is 0.555. The predicted octanol–water partition coefficient (Wildman–Crippen LogP) is 0.316. The Kier molecular flexibility index (Phi) is 4.27. The van der Waals surface area contributed by atoms with Crippen molar-refractivity contribution >= 4 is 17.6 Å². The van der Waals surface area contributed by atoms with Crippen molar-refractivity contribution in [1.82, 2.24) is 9.78 Å². The first-order valence-corrected chi connectivity index (χ1v) is 4.85. The summed E-state index contributed by atoms with van der Waals surface area (Å²) in [6.45, 7) is 0. The zero-order valence-corrected chi connectivity index (χ0v) is 9.20. The van der Waals surface area contributed by atoms with E-state index < -0.39 is 18.0 Å². The van der Waals surface area contributed by atoms with Gasteiger partial charge < -0.3 is 15.5 Å². The van der Waals surface area contributed by atoms with E-state index in [1.807, 2.05) is 0 Å². The van der Waals surface area contributed by atoms with E-state index in [1.165, 1.54) is 23.0 Å². The fourth-order valence-corrected chi connectivity index (χ4v) is 1.17. The molecule has 0 saturated carbocycles. The third kappa shape index (κ3) is 4.37. The van der Waals surface area contributed by atoms with Gasteiger partial charge in [0.1, 0.15) is 6.04 Å². The summed E-state index contributed by atoms with van der Waals surface area (Å²) in [5.74, 6) is -2.10. The van der Waals surface area contributed by atoms with Crippen molar-refractivity contribution < 1.29 is 19.8 Å². The second kappa shape index (κ2) is 5.69. The van der Waals surface area contributed by atoms with Crippen LogP contribution in [-0.4, -0.2) is 38.0 Å². The lowest BCUT2D eigenvalue weighted by Gasteiger charge is -2.09. The SMILES string of the molecule is Cn1cc(NC(C=CCC(=O)O)C(=O)O)cn1. The molecule has 1 unspecified atom stereocenters. The van der Waals surface area contributed by atoms with E-state index in [2.05, 4.69) is 10.4 Å². The number of nitrogens with one attached hydrogen (secondary N) is 1. The van der Waals surface area contributed by atoms with Crippen LogP contribution in [0.25, 0.3) is 0 Å². The summed E-state index contributed by atoms with van der Waals surface area (Å²) < 4.78 is 1.53. The number of aromatic nitrogens is 2. The largest absolute Gasteiger partial charge is 0.481 e. The Labute approximate surface area is 97.4 Å². The van der Waals surface area contributed by atoms with Crippen LogP contribution in [0.5, 0.6) is 0 Å². The fraction of sp³-hybridized carbons (Fsp3) is 0.300. The molecular weight excluding hydrogens is 226 g/mol. The van der Waals surface area contributed by atoms with Gasteiger partial charge in [0, 0.05) is 13.2 Å². The van der Waals surface area contributed by atoms with Gasteiger partial charge in [-0.25, -0.2) is 4.79 Å². The highest BCUT2D eigenvalue weighted by Crippen LogP contribution is 2.07. The summed E-state index contributed by atoms with van der Waals surface area (Å²) in [7, 11) is 1.71. The van der Waals surface area contributed by atoms with E-state index in [1.54, 1.807) is 13.2 Å². The molecule has 1 atom stereocenters. The van der Waals surface area contributed by atoms with Gasteiger partial charge in [-0.2, -0.15) is 5.10 Å². The van der Waals surface area contributed by atoms with E-state index in [0.717, 1.165) is 0 Å². The van der Waals surface area contributed by atoms with Crippen LogP contribution in [0.1, 0.15) is 6.42 Å². The van der Waals surface area contributed by atoms with Crippen LogP contribution in [-0.2, 0) is 16.6 Å². The molecule has 0 fully saturated rings. The van der Waals surface area contributed by atoms with Gasteiger partial charge in [-0.1, -0.05) is 12.2 Å². The summed E-state index contributed by atoms with van der Waals surface area (Å²) >= 11 is 0. The Bertz CT molecular complexity index is 439. The molecule has 1 heterocycles. The van der Waals surface area contributed by atoms with E-state index in [0.29, 0.717) is 5.69 Å².